The molecule has 0 bridgehead atoms. The first kappa shape index (κ1) is 11.3. The van der Waals surface area contributed by atoms with Crippen LogP contribution in [-0.2, 0) is 5.60 Å². The van der Waals surface area contributed by atoms with Gasteiger partial charge in [-0.3, -0.25) is 0 Å². The van der Waals surface area contributed by atoms with Crippen LogP contribution in [0.1, 0.15) is 31.2 Å². The molecule has 3 heteroatoms. The first-order chi connectivity index (χ1) is 7.69. The molecular weight excluding hydrogens is 204 g/mol. The van der Waals surface area contributed by atoms with Gasteiger partial charge in [-0.25, -0.2) is 0 Å². The molecule has 2 rings (SSSR count). The second-order valence-corrected chi connectivity index (χ2v) is 4.30. The smallest absolute Gasteiger partial charge is 0.125 e. The number of benzene rings is 1. The van der Waals surface area contributed by atoms with Gasteiger partial charge in [0.15, 0.2) is 0 Å². The molecule has 0 amide bonds. The van der Waals surface area contributed by atoms with Crippen molar-refractivity contribution in [2.24, 2.45) is 0 Å². The highest BCUT2D eigenvalue weighted by molar-refractivity contribution is 5.44. The average Bonchev–Trinajstić information content (AvgIpc) is 2.76. The number of ether oxygens (including phenoxy) is 2. The van der Waals surface area contributed by atoms with Crippen molar-refractivity contribution < 1.29 is 14.6 Å². The van der Waals surface area contributed by atoms with Gasteiger partial charge in [0.2, 0.25) is 0 Å². The molecule has 0 aliphatic heterocycles. The molecule has 1 aromatic rings. The van der Waals surface area contributed by atoms with Crippen LogP contribution in [0.2, 0.25) is 0 Å². The first-order valence-corrected chi connectivity index (χ1v) is 5.64. The molecule has 0 unspecified atom stereocenters. The second-order valence-electron chi connectivity index (χ2n) is 4.30. The van der Waals surface area contributed by atoms with E-state index < -0.39 is 5.60 Å². The maximum Gasteiger partial charge on any atom is 0.125 e. The number of hydrogen-bond donors (Lipinski definition) is 1. The van der Waals surface area contributed by atoms with Crippen molar-refractivity contribution in [1.29, 1.82) is 0 Å². The fourth-order valence-electron chi connectivity index (χ4n) is 2.41. The van der Waals surface area contributed by atoms with Crippen LogP contribution < -0.4 is 9.47 Å². The Balaban J connectivity index is 2.43. The summed E-state index contributed by atoms with van der Waals surface area (Å²) in [5.41, 5.74) is 0.117. The minimum absolute atomic E-state index is 0.736. The fraction of sp³-hybridized carbons (Fsp3) is 0.538. The van der Waals surface area contributed by atoms with Crippen LogP contribution in [0, 0.1) is 0 Å². The maximum atomic E-state index is 10.6. The van der Waals surface area contributed by atoms with Crippen LogP contribution in [0.25, 0.3) is 0 Å². The molecule has 0 atom stereocenters. The molecule has 1 saturated carbocycles. The lowest BCUT2D eigenvalue weighted by Crippen LogP contribution is -2.21. The molecule has 88 valence electrons. The van der Waals surface area contributed by atoms with Crippen molar-refractivity contribution in [2.45, 2.75) is 31.3 Å². The normalized spacial score (nSPS) is 18.4. The summed E-state index contributed by atoms with van der Waals surface area (Å²) < 4.78 is 10.5. The number of aliphatic hydroxyl groups is 1. The summed E-state index contributed by atoms with van der Waals surface area (Å²) >= 11 is 0. The lowest BCUT2D eigenvalue weighted by Gasteiger charge is -2.25. The number of methoxy groups -OCH3 is 2. The molecule has 0 saturated heterocycles. The van der Waals surface area contributed by atoms with Gasteiger partial charge < -0.3 is 14.6 Å². The van der Waals surface area contributed by atoms with Gasteiger partial charge in [-0.15, -0.1) is 0 Å². The standard InChI is InChI=1S/C13H18O3/c1-15-10-5-6-12(16-2)11(9-10)13(14)7-3-4-8-13/h5-6,9,14H,3-4,7-8H2,1-2H3. The van der Waals surface area contributed by atoms with Crippen LogP contribution in [0.5, 0.6) is 11.5 Å². The molecule has 1 aliphatic rings. The summed E-state index contributed by atoms with van der Waals surface area (Å²) in [5, 5.41) is 10.6. The van der Waals surface area contributed by atoms with Crippen LogP contribution in [0.3, 0.4) is 0 Å². The van der Waals surface area contributed by atoms with E-state index >= 15 is 0 Å². The van der Waals surface area contributed by atoms with E-state index in [-0.39, 0.29) is 0 Å². The van der Waals surface area contributed by atoms with Gasteiger partial charge in [0.05, 0.1) is 19.8 Å². The van der Waals surface area contributed by atoms with Crippen molar-refractivity contribution in [2.75, 3.05) is 14.2 Å². The Labute approximate surface area is 96.0 Å². The van der Waals surface area contributed by atoms with Crippen molar-refractivity contribution in [3.05, 3.63) is 23.8 Å². The molecule has 3 nitrogen and oxygen atoms in total. The van der Waals surface area contributed by atoms with E-state index in [2.05, 4.69) is 0 Å². The Hall–Kier alpha value is -1.22. The zero-order valence-electron chi connectivity index (χ0n) is 9.82. The van der Waals surface area contributed by atoms with Gasteiger partial charge in [-0.2, -0.15) is 0 Å². The molecule has 1 aromatic carbocycles. The molecule has 0 spiro atoms. The van der Waals surface area contributed by atoms with Gasteiger partial charge >= 0.3 is 0 Å². The first-order valence-electron chi connectivity index (χ1n) is 5.64. The van der Waals surface area contributed by atoms with E-state index in [9.17, 15) is 5.11 Å². The monoisotopic (exact) mass is 222 g/mol. The highest BCUT2D eigenvalue weighted by Gasteiger charge is 2.35. The van der Waals surface area contributed by atoms with Crippen molar-refractivity contribution in [3.8, 4) is 11.5 Å². The topological polar surface area (TPSA) is 38.7 Å². The summed E-state index contributed by atoms with van der Waals surface area (Å²) in [6, 6.07) is 5.58. The molecule has 1 aliphatic carbocycles. The lowest BCUT2D eigenvalue weighted by molar-refractivity contribution is 0.0417. The van der Waals surface area contributed by atoms with E-state index in [1.807, 2.05) is 18.2 Å². The van der Waals surface area contributed by atoms with Crippen molar-refractivity contribution >= 4 is 0 Å². The van der Waals surface area contributed by atoms with Crippen LogP contribution in [0.4, 0.5) is 0 Å². The SMILES string of the molecule is COc1ccc(OC)c(C2(O)CCCC2)c1. The second kappa shape index (κ2) is 4.34. The molecule has 0 radical (unpaired) electrons. The van der Waals surface area contributed by atoms with Crippen molar-refractivity contribution in [3.63, 3.8) is 0 Å². The van der Waals surface area contributed by atoms with E-state index in [0.29, 0.717) is 0 Å². The molecule has 1 N–H and O–H groups in total. The largest absolute Gasteiger partial charge is 0.497 e. The van der Waals surface area contributed by atoms with Crippen molar-refractivity contribution in [1.82, 2.24) is 0 Å². The summed E-state index contributed by atoms with van der Waals surface area (Å²) in [5.74, 6) is 1.50. The molecule has 1 fully saturated rings. The summed E-state index contributed by atoms with van der Waals surface area (Å²) in [7, 11) is 3.26. The Kier molecular flexibility index (Phi) is 3.06. The third-order valence-corrected chi connectivity index (χ3v) is 3.34. The zero-order valence-corrected chi connectivity index (χ0v) is 9.82. The third-order valence-electron chi connectivity index (χ3n) is 3.34. The van der Waals surface area contributed by atoms with Gasteiger partial charge in [0.1, 0.15) is 11.5 Å². The number of hydrogen-bond acceptors (Lipinski definition) is 3. The summed E-state index contributed by atoms with van der Waals surface area (Å²) in [6.45, 7) is 0. The molecule has 0 heterocycles. The van der Waals surface area contributed by atoms with Gasteiger partial charge in [-0.1, -0.05) is 12.8 Å². The Morgan fingerprint density at radius 1 is 1.12 bits per heavy atom. The average molecular weight is 222 g/mol. The zero-order chi connectivity index (χ0) is 11.6. The predicted molar refractivity (Wildman–Crippen MR) is 61.9 cm³/mol. The highest BCUT2D eigenvalue weighted by atomic mass is 16.5. The Bertz CT molecular complexity index is 367. The van der Waals surface area contributed by atoms with E-state index in [4.69, 9.17) is 9.47 Å². The summed E-state index contributed by atoms with van der Waals surface area (Å²) in [6.07, 6.45) is 3.74. The third kappa shape index (κ3) is 1.87. The van der Waals surface area contributed by atoms with Crippen LogP contribution in [0.15, 0.2) is 18.2 Å². The molecular formula is C13H18O3. The molecule has 0 aromatic heterocycles. The Morgan fingerprint density at radius 3 is 2.38 bits per heavy atom. The van der Waals surface area contributed by atoms with Crippen LogP contribution >= 0.6 is 0 Å². The maximum absolute atomic E-state index is 10.6. The Morgan fingerprint density at radius 2 is 1.81 bits per heavy atom. The highest BCUT2D eigenvalue weighted by Crippen LogP contribution is 2.43. The van der Waals surface area contributed by atoms with Gasteiger partial charge in [0.25, 0.3) is 0 Å². The predicted octanol–water partition coefficient (Wildman–Crippen LogP) is 2.47. The van der Waals surface area contributed by atoms with Crippen LogP contribution in [-0.4, -0.2) is 19.3 Å². The number of rotatable bonds is 3. The fourth-order valence-corrected chi connectivity index (χ4v) is 2.41. The van der Waals surface area contributed by atoms with Gasteiger partial charge in [-0.05, 0) is 31.0 Å². The minimum Gasteiger partial charge on any atom is -0.497 e. The molecule has 16 heavy (non-hydrogen) atoms. The van der Waals surface area contributed by atoms with E-state index in [1.165, 1.54) is 0 Å². The van der Waals surface area contributed by atoms with E-state index in [1.54, 1.807) is 14.2 Å². The lowest BCUT2D eigenvalue weighted by atomic mass is 9.91. The minimum atomic E-state index is -0.736. The quantitative estimate of drug-likeness (QED) is 0.853. The van der Waals surface area contributed by atoms with Gasteiger partial charge in [0, 0.05) is 5.56 Å². The summed E-state index contributed by atoms with van der Waals surface area (Å²) in [4.78, 5) is 0. The van der Waals surface area contributed by atoms with E-state index in [0.717, 1.165) is 42.7 Å².